The Hall–Kier alpha value is -2.29. The summed E-state index contributed by atoms with van der Waals surface area (Å²) in [6.07, 6.45) is 3.58. The predicted molar refractivity (Wildman–Crippen MR) is 91.3 cm³/mol. The Labute approximate surface area is 130 Å². The Morgan fingerprint density at radius 1 is 1.18 bits per heavy atom. The fourth-order valence-corrected chi connectivity index (χ4v) is 3.66. The van der Waals surface area contributed by atoms with Gasteiger partial charge in [0.15, 0.2) is 0 Å². The molecule has 0 spiro atoms. The van der Waals surface area contributed by atoms with Crippen LogP contribution in [0, 0.1) is 13.8 Å². The van der Waals surface area contributed by atoms with E-state index in [2.05, 4.69) is 47.3 Å². The summed E-state index contributed by atoms with van der Waals surface area (Å²) in [6, 6.07) is 13.1. The number of hydrogen-bond acceptors (Lipinski definition) is 2. The number of rotatable bonds is 2. The Balaban J connectivity index is 1.70. The molecule has 0 radical (unpaired) electrons. The van der Waals surface area contributed by atoms with Gasteiger partial charge in [-0.3, -0.25) is 0 Å². The van der Waals surface area contributed by atoms with Gasteiger partial charge in [-0.25, -0.2) is 4.98 Å². The molecular formula is C19H21N3. The summed E-state index contributed by atoms with van der Waals surface area (Å²) in [6.45, 7) is 4.41. The average molecular weight is 291 g/mol. The molecule has 0 saturated carbocycles. The van der Waals surface area contributed by atoms with E-state index >= 15 is 0 Å². The summed E-state index contributed by atoms with van der Waals surface area (Å²) >= 11 is 0. The molecule has 1 atom stereocenters. The Bertz CT molecular complexity index is 799. The minimum Gasteiger partial charge on any atom is -0.349 e. The van der Waals surface area contributed by atoms with Gasteiger partial charge in [-0.2, -0.15) is 0 Å². The minimum atomic E-state index is 0.350. The highest BCUT2D eigenvalue weighted by atomic mass is 15.1. The number of para-hydroxylation sites is 2. The number of nitrogens with one attached hydrogen (secondary N) is 2. The topological polar surface area (TPSA) is 40.7 Å². The number of fused-ring (bicyclic) bond motifs is 2. The fraction of sp³-hybridized carbons (Fsp3) is 0.316. The smallest absolute Gasteiger partial charge is 0.201 e. The molecular weight excluding hydrogens is 270 g/mol. The molecule has 4 rings (SSSR count). The van der Waals surface area contributed by atoms with Crippen molar-refractivity contribution in [1.29, 1.82) is 0 Å². The first-order valence-corrected chi connectivity index (χ1v) is 8.02. The van der Waals surface area contributed by atoms with Crippen LogP contribution in [0.5, 0.6) is 0 Å². The van der Waals surface area contributed by atoms with Gasteiger partial charge in [0.05, 0.1) is 17.1 Å². The number of benzene rings is 2. The van der Waals surface area contributed by atoms with Crippen molar-refractivity contribution >= 4 is 17.0 Å². The second-order valence-corrected chi connectivity index (χ2v) is 6.34. The number of nitrogens with zero attached hydrogens (tertiary/aromatic N) is 1. The first-order chi connectivity index (χ1) is 10.7. The molecule has 0 aliphatic heterocycles. The number of hydrogen-bond donors (Lipinski definition) is 2. The van der Waals surface area contributed by atoms with Gasteiger partial charge in [-0.1, -0.05) is 29.8 Å². The molecule has 0 saturated heterocycles. The van der Waals surface area contributed by atoms with E-state index in [4.69, 9.17) is 0 Å². The van der Waals surface area contributed by atoms with E-state index in [1.807, 2.05) is 18.2 Å². The monoisotopic (exact) mass is 291 g/mol. The average Bonchev–Trinajstić information content (AvgIpc) is 2.90. The maximum atomic E-state index is 4.66. The van der Waals surface area contributed by atoms with E-state index < -0.39 is 0 Å². The van der Waals surface area contributed by atoms with E-state index in [-0.39, 0.29) is 0 Å². The van der Waals surface area contributed by atoms with Gasteiger partial charge in [0.25, 0.3) is 0 Å². The molecule has 1 heterocycles. The third-order valence-corrected chi connectivity index (χ3v) is 4.65. The predicted octanol–water partition coefficient (Wildman–Crippen LogP) is 4.67. The van der Waals surface area contributed by atoms with Crippen molar-refractivity contribution in [2.24, 2.45) is 0 Å². The van der Waals surface area contributed by atoms with Crippen molar-refractivity contribution in [3.8, 4) is 0 Å². The molecule has 112 valence electrons. The zero-order valence-corrected chi connectivity index (χ0v) is 13.1. The summed E-state index contributed by atoms with van der Waals surface area (Å²) in [5.74, 6) is 0.873. The maximum Gasteiger partial charge on any atom is 0.201 e. The molecule has 3 aromatic rings. The van der Waals surface area contributed by atoms with Crippen LogP contribution in [0.1, 0.15) is 41.1 Å². The Morgan fingerprint density at radius 3 is 2.91 bits per heavy atom. The normalized spacial score (nSPS) is 17.5. The van der Waals surface area contributed by atoms with Gasteiger partial charge in [-0.15, -0.1) is 0 Å². The second kappa shape index (κ2) is 5.16. The molecule has 3 heteroatoms. The highest BCUT2D eigenvalue weighted by Crippen LogP contribution is 2.34. The number of H-pyrrole nitrogens is 1. The first-order valence-electron chi connectivity index (χ1n) is 8.02. The van der Waals surface area contributed by atoms with Gasteiger partial charge in [0.2, 0.25) is 5.95 Å². The van der Waals surface area contributed by atoms with Crippen LogP contribution in [0.4, 0.5) is 5.95 Å². The Morgan fingerprint density at radius 2 is 2.05 bits per heavy atom. The lowest BCUT2D eigenvalue weighted by Crippen LogP contribution is -2.19. The minimum absolute atomic E-state index is 0.350. The van der Waals surface area contributed by atoms with Gasteiger partial charge < -0.3 is 10.3 Å². The zero-order valence-electron chi connectivity index (χ0n) is 13.1. The van der Waals surface area contributed by atoms with Crippen molar-refractivity contribution in [1.82, 2.24) is 9.97 Å². The fourth-order valence-electron chi connectivity index (χ4n) is 3.66. The number of aromatic amines is 1. The van der Waals surface area contributed by atoms with Gasteiger partial charge >= 0.3 is 0 Å². The largest absolute Gasteiger partial charge is 0.349 e. The Kier molecular flexibility index (Phi) is 3.14. The lowest BCUT2D eigenvalue weighted by Gasteiger charge is -2.28. The van der Waals surface area contributed by atoms with E-state index in [0.717, 1.165) is 23.4 Å². The van der Waals surface area contributed by atoms with Gasteiger partial charge in [0, 0.05) is 0 Å². The molecule has 1 aliphatic rings. The van der Waals surface area contributed by atoms with E-state index in [1.165, 1.54) is 35.1 Å². The number of imidazole rings is 1. The molecule has 0 fully saturated rings. The van der Waals surface area contributed by atoms with Crippen molar-refractivity contribution in [3.05, 3.63) is 58.7 Å². The van der Waals surface area contributed by atoms with Crippen LogP contribution in [-0.4, -0.2) is 9.97 Å². The molecule has 0 unspecified atom stereocenters. The zero-order chi connectivity index (χ0) is 15.1. The third-order valence-electron chi connectivity index (χ3n) is 4.65. The van der Waals surface area contributed by atoms with Crippen LogP contribution in [0.15, 0.2) is 36.4 Å². The molecule has 0 bridgehead atoms. The van der Waals surface area contributed by atoms with Crippen LogP contribution in [0.2, 0.25) is 0 Å². The molecule has 1 aliphatic carbocycles. The summed E-state index contributed by atoms with van der Waals surface area (Å²) in [4.78, 5) is 8.04. The molecule has 0 amide bonds. The van der Waals surface area contributed by atoms with E-state index in [1.54, 1.807) is 0 Å². The molecule has 3 nitrogen and oxygen atoms in total. The number of anilines is 1. The van der Waals surface area contributed by atoms with E-state index in [9.17, 15) is 0 Å². The summed E-state index contributed by atoms with van der Waals surface area (Å²) in [5.41, 5.74) is 7.83. The lowest BCUT2D eigenvalue weighted by molar-refractivity contribution is 0.594. The molecule has 2 N–H and O–H groups in total. The lowest BCUT2D eigenvalue weighted by atomic mass is 9.84. The highest BCUT2D eigenvalue weighted by Gasteiger charge is 2.22. The van der Waals surface area contributed by atoms with Crippen molar-refractivity contribution in [2.75, 3.05) is 5.32 Å². The highest BCUT2D eigenvalue weighted by molar-refractivity contribution is 5.77. The van der Waals surface area contributed by atoms with E-state index in [0.29, 0.717) is 6.04 Å². The van der Waals surface area contributed by atoms with Crippen LogP contribution in [-0.2, 0) is 6.42 Å². The maximum absolute atomic E-state index is 4.66. The number of aromatic nitrogens is 2. The van der Waals surface area contributed by atoms with Crippen molar-refractivity contribution in [3.63, 3.8) is 0 Å². The quantitative estimate of drug-likeness (QED) is 0.720. The summed E-state index contributed by atoms with van der Waals surface area (Å²) in [7, 11) is 0. The first kappa shape index (κ1) is 13.4. The summed E-state index contributed by atoms with van der Waals surface area (Å²) < 4.78 is 0. The van der Waals surface area contributed by atoms with Crippen molar-refractivity contribution in [2.45, 2.75) is 39.2 Å². The van der Waals surface area contributed by atoms with Crippen LogP contribution < -0.4 is 5.32 Å². The third kappa shape index (κ3) is 2.27. The number of aryl methyl sites for hydroxylation is 2. The molecule has 1 aromatic heterocycles. The van der Waals surface area contributed by atoms with Crippen LogP contribution in [0.25, 0.3) is 11.0 Å². The standard InChI is InChI=1S/C19H21N3/c1-12-10-13(2)14-6-5-9-16(15(14)11-12)20-19-21-17-7-3-4-8-18(17)22-19/h3-4,7-8,10-11,16H,5-6,9H2,1-2H3,(H2,20,21,22)/t16-/m1/s1. The summed E-state index contributed by atoms with van der Waals surface area (Å²) in [5, 5.41) is 3.61. The van der Waals surface area contributed by atoms with Gasteiger partial charge in [0.1, 0.15) is 0 Å². The van der Waals surface area contributed by atoms with Crippen molar-refractivity contribution < 1.29 is 0 Å². The van der Waals surface area contributed by atoms with Crippen LogP contribution >= 0.6 is 0 Å². The molecule has 22 heavy (non-hydrogen) atoms. The van der Waals surface area contributed by atoms with Crippen LogP contribution in [0.3, 0.4) is 0 Å². The SMILES string of the molecule is Cc1cc(C)c2c(c1)[C@H](Nc1nc3ccccc3[nH]1)CCC2. The molecule has 2 aromatic carbocycles. The van der Waals surface area contributed by atoms with Gasteiger partial charge in [-0.05, 0) is 61.9 Å². The second-order valence-electron chi connectivity index (χ2n) is 6.34.